The molecule has 1 aliphatic rings. The van der Waals surface area contributed by atoms with Crippen molar-refractivity contribution < 1.29 is 9.90 Å². The second-order valence-electron chi connectivity index (χ2n) is 4.31. The highest BCUT2D eigenvalue weighted by Gasteiger charge is 2.32. The van der Waals surface area contributed by atoms with E-state index in [2.05, 4.69) is 15.3 Å². The van der Waals surface area contributed by atoms with Crippen LogP contribution in [-0.2, 0) is 4.79 Å². The standard InChI is InChI=1S/C11H15N3O3/c15-10-4-9(13-6-14-10)12-5-7-2-1-3-8(7)11(16)17/h4,6-8H,1-3,5H2,(H,16,17)(H2,12,13,14,15). The first-order valence-electron chi connectivity index (χ1n) is 5.68. The fraction of sp³-hybridized carbons (Fsp3) is 0.545. The lowest BCUT2D eigenvalue weighted by atomic mass is 9.96. The number of nitrogens with one attached hydrogen (secondary N) is 2. The molecule has 1 saturated carbocycles. The van der Waals surface area contributed by atoms with E-state index in [-0.39, 0.29) is 17.4 Å². The molecule has 2 rings (SSSR count). The van der Waals surface area contributed by atoms with Crippen LogP contribution in [0.1, 0.15) is 19.3 Å². The third kappa shape index (κ3) is 2.83. The molecule has 1 aromatic rings. The number of H-pyrrole nitrogens is 1. The first-order chi connectivity index (χ1) is 8.16. The van der Waals surface area contributed by atoms with Gasteiger partial charge in [0.15, 0.2) is 0 Å². The number of nitrogens with zero attached hydrogens (tertiary/aromatic N) is 1. The molecular weight excluding hydrogens is 222 g/mol. The lowest BCUT2D eigenvalue weighted by Gasteiger charge is -2.16. The zero-order valence-electron chi connectivity index (χ0n) is 9.35. The van der Waals surface area contributed by atoms with E-state index in [1.165, 1.54) is 12.4 Å². The summed E-state index contributed by atoms with van der Waals surface area (Å²) in [7, 11) is 0. The second-order valence-corrected chi connectivity index (χ2v) is 4.31. The fourth-order valence-electron chi connectivity index (χ4n) is 2.31. The number of aromatic amines is 1. The number of aromatic nitrogens is 2. The Hall–Kier alpha value is -1.85. The summed E-state index contributed by atoms with van der Waals surface area (Å²) in [5.74, 6) is -0.393. The molecule has 6 nitrogen and oxygen atoms in total. The second kappa shape index (κ2) is 4.99. The normalized spacial score (nSPS) is 23.5. The maximum atomic E-state index is 11.0. The Kier molecular flexibility index (Phi) is 3.41. The molecule has 6 heteroatoms. The van der Waals surface area contributed by atoms with Crippen LogP contribution in [0.25, 0.3) is 0 Å². The molecule has 2 unspecified atom stereocenters. The van der Waals surface area contributed by atoms with Gasteiger partial charge in [-0.25, -0.2) is 4.98 Å². The number of rotatable bonds is 4. The average molecular weight is 237 g/mol. The van der Waals surface area contributed by atoms with Crippen LogP contribution < -0.4 is 10.9 Å². The summed E-state index contributed by atoms with van der Waals surface area (Å²) in [5.41, 5.74) is -0.219. The number of hydrogen-bond donors (Lipinski definition) is 3. The van der Waals surface area contributed by atoms with Gasteiger partial charge in [0, 0.05) is 12.6 Å². The van der Waals surface area contributed by atoms with Gasteiger partial charge < -0.3 is 15.4 Å². The van der Waals surface area contributed by atoms with Crippen LogP contribution in [0, 0.1) is 11.8 Å². The molecule has 0 bridgehead atoms. The van der Waals surface area contributed by atoms with Crippen LogP contribution in [0.3, 0.4) is 0 Å². The molecule has 0 saturated heterocycles. The number of aliphatic carboxylic acids is 1. The Morgan fingerprint density at radius 1 is 1.59 bits per heavy atom. The van der Waals surface area contributed by atoms with E-state index in [1.807, 2.05) is 0 Å². The molecule has 1 aliphatic carbocycles. The van der Waals surface area contributed by atoms with Crippen molar-refractivity contribution in [2.75, 3.05) is 11.9 Å². The predicted octanol–water partition coefficient (Wildman–Crippen LogP) is 0.683. The summed E-state index contributed by atoms with van der Waals surface area (Å²) >= 11 is 0. The Morgan fingerprint density at radius 2 is 2.41 bits per heavy atom. The fourth-order valence-corrected chi connectivity index (χ4v) is 2.31. The van der Waals surface area contributed by atoms with Crippen molar-refractivity contribution in [3.05, 3.63) is 22.7 Å². The van der Waals surface area contributed by atoms with Crippen LogP contribution >= 0.6 is 0 Å². The van der Waals surface area contributed by atoms with Crippen molar-refractivity contribution in [2.45, 2.75) is 19.3 Å². The maximum absolute atomic E-state index is 11.0. The summed E-state index contributed by atoms with van der Waals surface area (Å²) in [6, 6.07) is 1.37. The van der Waals surface area contributed by atoms with Crippen LogP contribution in [0.5, 0.6) is 0 Å². The predicted molar refractivity (Wildman–Crippen MR) is 61.8 cm³/mol. The van der Waals surface area contributed by atoms with Crippen LogP contribution in [-0.4, -0.2) is 27.6 Å². The van der Waals surface area contributed by atoms with E-state index in [4.69, 9.17) is 5.11 Å². The molecule has 0 radical (unpaired) electrons. The SMILES string of the molecule is O=C(O)C1CCCC1CNc1cc(=O)[nH]cn1. The van der Waals surface area contributed by atoms with E-state index in [0.29, 0.717) is 12.4 Å². The molecule has 17 heavy (non-hydrogen) atoms. The smallest absolute Gasteiger partial charge is 0.306 e. The number of carboxylic acid groups (broad SMARTS) is 1. The highest BCUT2D eigenvalue weighted by atomic mass is 16.4. The number of hydrogen-bond acceptors (Lipinski definition) is 4. The minimum Gasteiger partial charge on any atom is -0.481 e. The summed E-state index contributed by atoms with van der Waals surface area (Å²) in [6.07, 6.45) is 3.93. The summed E-state index contributed by atoms with van der Waals surface area (Å²) in [5, 5.41) is 12.0. The third-order valence-corrected chi connectivity index (χ3v) is 3.20. The maximum Gasteiger partial charge on any atom is 0.306 e. The number of carbonyl (C=O) groups is 1. The van der Waals surface area contributed by atoms with Gasteiger partial charge in [-0.2, -0.15) is 0 Å². The molecule has 3 N–H and O–H groups in total. The molecule has 1 aromatic heterocycles. The number of anilines is 1. The first-order valence-corrected chi connectivity index (χ1v) is 5.68. The lowest BCUT2D eigenvalue weighted by Crippen LogP contribution is -2.25. The largest absolute Gasteiger partial charge is 0.481 e. The molecule has 1 heterocycles. The topological polar surface area (TPSA) is 95.1 Å². The average Bonchev–Trinajstić information content (AvgIpc) is 2.74. The lowest BCUT2D eigenvalue weighted by molar-refractivity contribution is -0.142. The van der Waals surface area contributed by atoms with Gasteiger partial charge in [-0.05, 0) is 18.8 Å². The van der Waals surface area contributed by atoms with Gasteiger partial charge in [0.25, 0.3) is 5.56 Å². The third-order valence-electron chi connectivity index (χ3n) is 3.20. The van der Waals surface area contributed by atoms with Crippen molar-refractivity contribution >= 4 is 11.8 Å². The van der Waals surface area contributed by atoms with Crippen molar-refractivity contribution in [1.29, 1.82) is 0 Å². The van der Waals surface area contributed by atoms with E-state index in [9.17, 15) is 9.59 Å². The van der Waals surface area contributed by atoms with Crippen molar-refractivity contribution in [2.24, 2.45) is 11.8 Å². The minimum absolute atomic E-state index is 0.119. The Morgan fingerprint density at radius 3 is 3.12 bits per heavy atom. The molecular formula is C11H15N3O3. The van der Waals surface area contributed by atoms with Crippen molar-refractivity contribution in [3.63, 3.8) is 0 Å². The highest BCUT2D eigenvalue weighted by molar-refractivity contribution is 5.70. The minimum atomic E-state index is -0.729. The monoisotopic (exact) mass is 237 g/mol. The molecule has 0 aliphatic heterocycles. The molecule has 2 atom stereocenters. The number of carboxylic acids is 1. The van der Waals surface area contributed by atoms with Crippen molar-refractivity contribution in [1.82, 2.24) is 9.97 Å². The van der Waals surface area contributed by atoms with Gasteiger partial charge >= 0.3 is 5.97 Å². The van der Waals surface area contributed by atoms with E-state index >= 15 is 0 Å². The van der Waals surface area contributed by atoms with Gasteiger partial charge in [0.1, 0.15) is 5.82 Å². The molecule has 0 amide bonds. The summed E-state index contributed by atoms with van der Waals surface area (Å²) < 4.78 is 0. The van der Waals surface area contributed by atoms with Crippen molar-refractivity contribution in [3.8, 4) is 0 Å². The van der Waals surface area contributed by atoms with E-state index in [0.717, 1.165) is 19.3 Å². The summed E-state index contributed by atoms with van der Waals surface area (Å²) in [4.78, 5) is 28.4. The molecule has 0 aromatic carbocycles. The quantitative estimate of drug-likeness (QED) is 0.715. The molecule has 92 valence electrons. The highest BCUT2D eigenvalue weighted by Crippen LogP contribution is 2.31. The van der Waals surface area contributed by atoms with Gasteiger partial charge in [-0.3, -0.25) is 9.59 Å². The Balaban J connectivity index is 1.94. The van der Waals surface area contributed by atoms with Gasteiger partial charge in [0.05, 0.1) is 12.2 Å². The van der Waals surface area contributed by atoms with E-state index < -0.39 is 5.97 Å². The summed E-state index contributed by atoms with van der Waals surface area (Å²) in [6.45, 7) is 0.549. The van der Waals surface area contributed by atoms with E-state index in [1.54, 1.807) is 0 Å². The van der Waals surface area contributed by atoms with Gasteiger partial charge in [-0.15, -0.1) is 0 Å². The zero-order valence-corrected chi connectivity index (χ0v) is 9.35. The Bertz CT molecular complexity index is 457. The molecule has 1 fully saturated rings. The van der Waals surface area contributed by atoms with Crippen LogP contribution in [0.15, 0.2) is 17.2 Å². The van der Waals surface area contributed by atoms with Gasteiger partial charge in [0.2, 0.25) is 0 Å². The Labute approximate surface area is 98.1 Å². The zero-order chi connectivity index (χ0) is 12.3. The van der Waals surface area contributed by atoms with Crippen LogP contribution in [0.2, 0.25) is 0 Å². The first kappa shape index (κ1) is 11.6. The molecule has 0 spiro atoms. The van der Waals surface area contributed by atoms with Crippen LogP contribution in [0.4, 0.5) is 5.82 Å². The van der Waals surface area contributed by atoms with Gasteiger partial charge in [-0.1, -0.05) is 6.42 Å².